The van der Waals surface area contributed by atoms with Crippen molar-refractivity contribution in [1.82, 2.24) is 4.57 Å². The van der Waals surface area contributed by atoms with Gasteiger partial charge in [0.1, 0.15) is 11.2 Å². The second-order valence-corrected chi connectivity index (χ2v) is 11.6. The summed E-state index contributed by atoms with van der Waals surface area (Å²) in [5.74, 6) is 0. The van der Waals surface area contributed by atoms with Crippen LogP contribution in [0.3, 0.4) is 0 Å². The van der Waals surface area contributed by atoms with Crippen LogP contribution in [0, 0.1) is 0 Å². The molecule has 0 N–H and O–H groups in total. The van der Waals surface area contributed by atoms with Gasteiger partial charge in [-0.1, -0.05) is 128 Å². The normalized spacial score (nSPS) is 12.3. The minimum atomic E-state index is 0.919. The number of unbranched alkanes of at least 4 members (excludes halogenated alkanes) is 1. The molecule has 0 bridgehead atoms. The number of nitrogens with zero attached hydrogens (tertiary/aromatic N) is 1. The maximum absolute atomic E-state index is 6.34. The minimum Gasteiger partial charge on any atom is -0.455 e. The molecule has 0 aliphatic carbocycles. The van der Waals surface area contributed by atoms with Gasteiger partial charge in [0.15, 0.2) is 0 Å². The SMILES string of the molecule is C=Cc1c(/C=C\CC/C=C\C=C/c2ccc3c(c2)oc2c4ccccc4ccc32)c2c3ccccc3ccc2n1-c1ccccc1. The maximum atomic E-state index is 6.34. The van der Waals surface area contributed by atoms with Gasteiger partial charge in [0, 0.05) is 32.8 Å². The first-order valence-corrected chi connectivity index (χ1v) is 15.9. The van der Waals surface area contributed by atoms with E-state index in [0.29, 0.717) is 0 Å². The molecule has 0 unspecified atom stereocenters. The Balaban J connectivity index is 1.01. The average molecular weight is 592 g/mol. The van der Waals surface area contributed by atoms with E-state index in [1.807, 2.05) is 6.08 Å². The molecule has 2 heterocycles. The van der Waals surface area contributed by atoms with E-state index in [1.165, 1.54) is 32.6 Å². The van der Waals surface area contributed by atoms with Crippen molar-refractivity contribution in [2.75, 3.05) is 0 Å². The van der Waals surface area contributed by atoms with Crippen LogP contribution in [0.5, 0.6) is 0 Å². The standard InChI is InChI=1S/C44H33NO/c1-2-40-39(43-35-21-14-12-17-32(35)26-29-41(43)45(40)34-19-9-7-10-20-34)23-11-6-4-3-5-8-16-31-24-27-37-38-28-25-33-18-13-15-22-36(33)44(38)46-42(37)30-31/h2-3,5,7-30H,1,4,6H2/b5-3-,16-8-,23-11-. The van der Waals surface area contributed by atoms with Gasteiger partial charge in [0.25, 0.3) is 0 Å². The van der Waals surface area contributed by atoms with E-state index in [9.17, 15) is 0 Å². The predicted molar refractivity (Wildman–Crippen MR) is 199 cm³/mol. The first kappa shape index (κ1) is 27.7. The van der Waals surface area contributed by atoms with Gasteiger partial charge in [-0.3, -0.25) is 0 Å². The third-order valence-electron chi connectivity index (χ3n) is 8.85. The van der Waals surface area contributed by atoms with E-state index in [1.54, 1.807) is 0 Å². The Bertz CT molecular complexity index is 2480. The zero-order chi connectivity index (χ0) is 30.9. The van der Waals surface area contributed by atoms with Crippen LogP contribution in [0.1, 0.15) is 29.7 Å². The molecule has 0 aliphatic rings. The molecular formula is C44H33NO. The topological polar surface area (TPSA) is 18.1 Å². The van der Waals surface area contributed by atoms with Crippen LogP contribution in [0.4, 0.5) is 0 Å². The van der Waals surface area contributed by atoms with Gasteiger partial charge >= 0.3 is 0 Å². The zero-order valence-corrected chi connectivity index (χ0v) is 25.6. The second kappa shape index (κ2) is 11.9. The highest BCUT2D eigenvalue weighted by molar-refractivity contribution is 6.15. The van der Waals surface area contributed by atoms with Crippen LogP contribution in [0.2, 0.25) is 0 Å². The molecule has 2 nitrogen and oxygen atoms in total. The van der Waals surface area contributed by atoms with E-state index in [-0.39, 0.29) is 0 Å². The van der Waals surface area contributed by atoms with Crippen LogP contribution >= 0.6 is 0 Å². The third kappa shape index (κ3) is 4.85. The fraction of sp³-hybridized carbons (Fsp3) is 0.0455. The van der Waals surface area contributed by atoms with Crippen LogP contribution in [0.15, 0.2) is 157 Å². The number of fused-ring (bicyclic) bond motifs is 8. The highest BCUT2D eigenvalue weighted by Crippen LogP contribution is 2.37. The number of hydrogen-bond donors (Lipinski definition) is 0. The number of allylic oxidation sites excluding steroid dienone is 4. The highest BCUT2D eigenvalue weighted by Gasteiger charge is 2.17. The van der Waals surface area contributed by atoms with E-state index in [2.05, 4.69) is 169 Å². The lowest BCUT2D eigenvalue weighted by molar-refractivity contribution is 0.672. The molecule has 0 saturated carbocycles. The van der Waals surface area contributed by atoms with Crippen molar-refractivity contribution in [2.24, 2.45) is 0 Å². The Morgan fingerprint density at radius 3 is 2.17 bits per heavy atom. The molecule has 6 aromatic carbocycles. The molecular weight excluding hydrogens is 558 g/mol. The molecule has 46 heavy (non-hydrogen) atoms. The highest BCUT2D eigenvalue weighted by atomic mass is 16.3. The molecule has 2 heteroatoms. The predicted octanol–water partition coefficient (Wildman–Crippen LogP) is 12.5. The van der Waals surface area contributed by atoms with Crippen molar-refractivity contribution in [2.45, 2.75) is 12.8 Å². The summed E-state index contributed by atoms with van der Waals surface area (Å²) in [6.07, 6.45) is 17.1. The lowest BCUT2D eigenvalue weighted by Crippen LogP contribution is -1.96. The summed E-state index contributed by atoms with van der Waals surface area (Å²) >= 11 is 0. The summed E-state index contributed by atoms with van der Waals surface area (Å²) in [6, 6.07) is 42.8. The van der Waals surface area contributed by atoms with Gasteiger partial charge in [-0.25, -0.2) is 0 Å². The van der Waals surface area contributed by atoms with Crippen LogP contribution < -0.4 is 0 Å². The Morgan fingerprint density at radius 1 is 0.609 bits per heavy atom. The number of rotatable bonds is 8. The van der Waals surface area contributed by atoms with Crippen molar-refractivity contribution in [3.05, 3.63) is 169 Å². The maximum Gasteiger partial charge on any atom is 0.143 e. The summed E-state index contributed by atoms with van der Waals surface area (Å²) in [6.45, 7) is 4.22. The van der Waals surface area contributed by atoms with Crippen LogP contribution in [0.25, 0.3) is 78.3 Å². The molecule has 8 aromatic rings. The van der Waals surface area contributed by atoms with Crippen molar-refractivity contribution in [1.29, 1.82) is 0 Å². The number of para-hydroxylation sites is 1. The first-order valence-electron chi connectivity index (χ1n) is 15.9. The third-order valence-corrected chi connectivity index (χ3v) is 8.85. The second-order valence-electron chi connectivity index (χ2n) is 11.6. The molecule has 0 atom stereocenters. The van der Waals surface area contributed by atoms with Crippen molar-refractivity contribution < 1.29 is 4.42 Å². The van der Waals surface area contributed by atoms with Crippen molar-refractivity contribution in [3.8, 4) is 5.69 Å². The van der Waals surface area contributed by atoms with Crippen LogP contribution in [-0.2, 0) is 0 Å². The largest absolute Gasteiger partial charge is 0.455 e. The summed E-state index contributed by atoms with van der Waals surface area (Å²) < 4.78 is 8.66. The smallest absolute Gasteiger partial charge is 0.143 e. The molecule has 0 radical (unpaired) electrons. The van der Waals surface area contributed by atoms with Gasteiger partial charge in [-0.05, 0) is 77.0 Å². The number of aromatic nitrogens is 1. The Hall–Kier alpha value is -5.86. The lowest BCUT2D eigenvalue weighted by Gasteiger charge is -2.09. The van der Waals surface area contributed by atoms with Crippen LogP contribution in [-0.4, -0.2) is 4.57 Å². The summed E-state index contributed by atoms with van der Waals surface area (Å²) in [5.41, 5.74) is 7.66. The fourth-order valence-corrected chi connectivity index (χ4v) is 6.69. The lowest BCUT2D eigenvalue weighted by atomic mass is 10.0. The molecule has 8 rings (SSSR count). The van der Waals surface area contributed by atoms with E-state index in [0.717, 1.165) is 57.1 Å². The van der Waals surface area contributed by atoms with Crippen molar-refractivity contribution in [3.63, 3.8) is 0 Å². The Morgan fingerprint density at radius 2 is 1.33 bits per heavy atom. The van der Waals surface area contributed by atoms with E-state index in [4.69, 9.17) is 4.42 Å². The number of hydrogen-bond acceptors (Lipinski definition) is 1. The summed E-state index contributed by atoms with van der Waals surface area (Å²) in [4.78, 5) is 0. The summed E-state index contributed by atoms with van der Waals surface area (Å²) in [5, 5.41) is 8.44. The number of benzene rings is 6. The molecule has 220 valence electrons. The van der Waals surface area contributed by atoms with Gasteiger partial charge in [-0.2, -0.15) is 0 Å². The van der Waals surface area contributed by atoms with Gasteiger partial charge in [0.2, 0.25) is 0 Å². The van der Waals surface area contributed by atoms with E-state index < -0.39 is 0 Å². The Kier molecular flexibility index (Phi) is 7.16. The molecule has 0 amide bonds. The number of furan rings is 1. The molecule has 0 saturated heterocycles. The Labute approximate surface area is 268 Å². The monoisotopic (exact) mass is 591 g/mol. The van der Waals surface area contributed by atoms with Gasteiger partial charge in [0.05, 0.1) is 11.2 Å². The van der Waals surface area contributed by atoms with E-state index >= 15 is 0 Å². The van der Waals surface area contributed by atoms with Gasteiger partial charge in [-0.15, -0.1) is 0 Å². The quantitative estimate of drug-likeness (QED) is 0.127. The van der Waals surface area contributed by atoms with Crippen molar-refractivity contribution >= 4 is 72.6 Å². The van der Waals surface area contributed by atoms with Gasteiger partial charge < -0.3 is 8.98 Å². The first-order chi connectivity index (χ1) is 22.8. The molecule has 0 fully saturated rings. The average Bonchev–Trinajstić information content (AvgIpc) is 3.65. The molecule has 2 aromatic heterocycles. The molecule has 0 spiro atoms. The molecule has 0 aliphatic heterocycles. The minimum absolute atomic E-state index is 0.919. The zero-order valence-electron chi connectivity index (χ0n) is 25.6. The summed E-state index contributed by atoms with van der Waals surface area (Å²) in [7, 11) is 0. The fourth-order valence-electron chi connectivity index (χ4n) is 6.69.